The molecule has 0 spiro atoms. The van der Waals surface area contributed by atoms with E-state index in [1.54, 1.807) is 0 Å². The quantitative estimate of drug-likeness (QED) is 0.875. The van der Waals surface area contributed by atoms with Crippen LogP contribution in [0.25, 0.3) is 0 Å². The third-order valence-electron chi connectivity index (χ3n) is 4.64. The van der Waals surface area contributed by atoms with Gasteiger partial charge >= 0.3 is 0 Å². The summed E-state index contributed by atoms with van der Waals surface area (Å²) in [6.45, 7) is 6.34. The summed E-state index contributed by atoms with van der Waals surface area (Å²) in [6, 6.07) is 4.15. The summed E-state index contributed by atoms with van der Waals surface area (Å²) in [5.41, 5.74) is 5.25. The first-order valence-electron chi connectivity index (χ1n) is 7.31. The highest BCUT2D eigenvalue weighted by atomic mass is 19.1. The fraction of sp³-hybridized carbons (Fsp3) is 0.562. The normalized spacial score (nSPS) is 26.2. The van der Waals surface area contributed by atoms with Crippen LogP contribution in [0.4, 0.5) is 10.1 Å². The first kappa shape index (κ1) is 16.7. The maximum Gasteiger partial charge on any atom is 0.245 e. The molecule has 5 nitrogen and oxygen atoms in total. The van der Waals surface area contributed by atoms with Crippen molar-refractivity contribution in [3.63, 3.8) is 0 Å². The highest BCUT2D eigenvalue weighted by Gasteiger charge is 2.62. The molecule has 0 aromatic heterocycles. The number of hydrogen-bond acceptors (Lipinski definition) is 4. The zero-order chi connectivity index (χ0) is 16.5. The van der Waals surface area contributed by atoms with Gasteiger partial charge in [0.25, 0.3) is 0 Å². The Labute approximate surface area is 130 Å². The van der Waals surface area contributed by atoms with E-state index in [0.29, 0.717) is 18.7 Å². The molecule has 0 aliphatic heterocycles. The molecule has 3 N–H and O–H groups in total. The third-order valence-corrected chi connectivity index (χ3v) is 4.64. The molecule has 2 unspecified atom stereocenters. The van der Waals surface area contributed by atoms with Crippen molar-refractivity contribution in [2.24, 2.45) is 11.1 Å². The van der Waals surface area contributed by atoms with Crippen LogP contribution in [0.3, 0.4) is 0 Å². The maximum absolute atomic E-state index is 13.4. The van der Waals surface area contributed by atoms with Crippen molar-refractivity contribution in [2.45, 2.75) is 38.8 Å². The molecule has 2 rings (SSSR count). The minimum atomic E-state index is -1.02. The molecule has 0 heterocycles. The fourth-order valence-electron chi connectivity index (χ4n) is 2.80. The van der Waals surface area contributed by atoms with E-state index < -0.39 is 16.8 Å². The van der Waals surface area contributed by atoms with Gasteiger partial charge in [0.15, 0.2) is 11.6 Å². The Morgan fingerprint density at radius 2 is 2.18 bits per heavy atom. The minimum Gasteiger partial charge on any atom is -0.494 e. The van der Waals surface area contributed by atoms with Gasteiger partial charge in [-0.2, -0.15) is 0 Å². The van der Waals surface area contributed by atoms with Gasteiger partial charge in [0.1, 0.15) is 5.54 Å². The van der Waals surface area contributed by atoms with Crippen molar-refractivity contribution in [2.75, 3.05) is 19.0 Å². The number of anilines is 1. The average Bonchev–Trinajstić information content (AvgIpc) is 2.48. The molecule has 0 radical (unpaired) electrons. The van der Waals surface area contributed by atoms with Gasteiger partial charge in [-0.25, -0.2) is 4.39 Å². The van der Waals surface area contributed by atoms with Crippen LogP contribution in [0.5, 0.6) is 5.75 Å². The highest BCUT2D eigenvalue weighted by molar-refractivity contribution is 5.99. The summed E-state index contributed by atoms with van der Waals surface area (Å²) >= 11 is 0. The lowest BCUT2D eigenvalue weighted by molar-refractivity contribution is -0.166. The lowest BCUT2D eigenvalue weighted by Gasteiger charge is -2.57. The average molecular weight is 310 g/mol. The van der Waals surface area contributed by atoms with Gasteiger partial charge in [-0.1, -0.05) is 13.8 Å². The summed E-state index contributed by atoms with van der Waals surface area (Å²) < 4.78 is 23.9. The first-order valence-corrected chi connectivity index (χ1v) is 7.31. The summed E-state index contributed by atoms with van der Waals surface area (Å²) in [4.78, 5) is 12.5. The van der Waals surface area contributed by atoms with Crippen LogP contribution in [-0.2, 0) is 9.53 Å². The Morgan fingerprint density at radius 1 is 1.50 bits per heavy atom. The second-order valence-corrected chi connectivity index (χ2v) is 6.14. The molecule has 1 aliphatic carbocycles. The molecule has 6 heteroatoms. The fourth-order valence-corrected chi connectivity index (χ4v) is 2.80. The number of carbonyl (C=O) groups is 1. The van der Waals surface area contributed by atoms with Crippen molar-refractivity contribution in [3.8, 4) is 5.75 Å². The van der Waals surface area contributed by atoms with Crippen molar-refractivity contribution >= 4 is 11.6 Å². The standard InChI is InChI=1S/C16H23FN2O3/c1-5-22-13-9-16(18,15(13,2)3)14(20)19-10-6-7-11(17)12(8-10)21-4/h6-8,13H,5,9,18H2,1-4H3,(H,19,20). The second kappa shape index (κ2) is 5.85. The van der Waals surface area contributed by atoms with E-state index in [4.69, 9.17) is 15.2 Å². The van der Waals surface area contributed by atoms with Crippen molar-refractivity contribution < 1.29 is 18.7 Å². The number of methoxy groups -OCH3 is 1. The van der Waals surface area contributed by atoms with Gasteiger partial charge in [-0.3, -0.25) is 4.79 Å². The molecule has 122 valence electrons. The number of rotatable bonds is 5. The van der Waals surface area contributed by atoms with Gasteiger partial charge in [0.2, 0.25) is 5.91 Å². The zero-order valence-electron chi connectivity index (χ0n) is 13.4. The lowest BCUT2D eigenvalue weighted by Crippen LogP contribution is -2.74. The molecular weight excluding hydrogens is 287 g/mol. The molecule has 1 saturated carbocycles. The van der Waals surface area contributed by atoms with Gasteiger partial charge in [-0.05, 0) is 19.1 Å². The Hall–Kier alpha value is -1.66. The number of nitrogens with two attached hydrogens (primary N) is 1. The number of halogens is 1. The first-order chi connectivity index (χ1) is 10.3. The van der Waals surface area contributed by atoms with Crippen molar-refractivity contribution in [3.05, 3.63) is 24.0 Å². The number of benzene rings is 1. The van der Waals surface area contributed by atoms with Crippen molar-refractivity contribution in [1.29, 1.82) is 0 Å². The Balaban J connectivity index is 2.13. The van der Waals surface area contributed by atoms with Crippen molar-refractivity contribution in [1.82, 2.24) is 0 Å². The number of carbonyl (C=O) groups excluding carboxylic acids is 1. The Bertz CT molecular complexity index is 577. The lowest BCUT2D eigenvalue weighted by atomic mass is 9.54. The third kappa shape index (κ3) is 2.57. The summed E-state index contributed by atoms with van der Waals surface area (Å²) in [5.74, 6) is -0.714. The predicted molar refractivity (Wildman–Crippen MR) is 82.3 cm³/mol. The molecule has 1 amide bonds. The highest BCUT2D eigenvalue weighted by Crippen LogP contribution is 2.50. The largest absolute Gasteiger partial charge is 0.494 e. The van der Waals surface area contributed by atoms with Gasteiger partial charge in [0.05, 0.1) is 13.2 Å². The van der Waals surface area contributed by atoms with E-state index in [1.807, 2.05) is 20.8 Å². The van der Waals surface area contributed by atoms with Gasteiger partial charge < -0.3 is 20.5 Å². The number of nitrogens with one attached hydrogen (secondary N) is 1. The molecule has 1 fully saturated rings. The molecule has 1 aromatic rings. The number of hydrogen-bond donors (Lipinski definition) is 2. The molecule has 0 saturated heterocycles. The monoisotopic (exact) mass is 310 g/mol. The summed E-state index contributed by atoms with van der Waals surface area (Å²) in [7, 11) is 1.37. The van der Waals surface area contributed by atoms with Gasteiger partial charge in [-0.15, -0.1) is 0 Å². The van der Waals surface area contributed by atoms with Crippen LogP contribution in [0.1, 0.15) is 27.2 Å². The van der Waals surface area contributed by atoms with Crippen LogP contribution >= 0.6 is 0 Å². The number of amides is 1. The predicted octanol–water partition coefficient (Wildman–Crippen LogP) is 2.31. The molecule has 1 aliphatic rings. The minimum absolute atomic E-state index is 0.0454. The van der Waals surface area contributed by atoms with Crippen LogP contribution in [0, 0.1) is 11.2 Å². The van der Waals surface area contributed by atoms with Crippen LogP contribution in [-0.4, -0.2) is 31.3 Å². The van der Waals surface area contributed by atoms with E-state index in [9.17, 15) is 9.18 Å². The van der Waals surface area contributed by atoms with Crippen LogP contribution in [0.2, 0.25) is 0 Å². The van der Waals surface area contributed by atoms with E-state index in [-0.39, 0.29) is 17.8 Å². The van der Waals surface area contributed by atoms with E-state index in [1.165, 1.54) is 25.3 Å². The molecule has 1 aromatic carbocycles. The Kier molecular flexibility index (Phi) is 4.44. The molecule has 2 atom stereocenters. The smallest absolute Gasteiger partial charge is 0.245 e. The maximum atomic E-state index is 13.4. The summed E-state index contributed by atoms with van der Waals surface area (Å²) in [5, 5.41) is 2.74. The zero-order valence-corrected chi connectivity index (χ0v) is 13.4. The SMILES string of the molecule is CCOC1CC(N)(C(=O)Nc2ccc(F)c(OC)c2)C1(C)C. The topological polar surface area (TPSA) is 73.6 Å². The van der Waals surface area contributed by atoms with E-state index in [0.717, 1.165) is 0 Å². The van der Waals surface area contributed by atoms with E-state index >= 15 is 0 Å². The van der Waals surface area contributed by atoms with E-state index in [2.05, 4.69) is 5.32 Å². The summed E-state index contributed by atoms with van der Waals surface area (Å²) in [6.07, 6.45) is 0.411. The molecular formula is C16H23FN2O3. The Morgan fingerprint density at radius 3 is 2.73 bits per heavy atom. The number of ether oxygens (including phenoxy) is 2. The second-order valence-electron chi connectivity index (χ2n) is 6.14. The van der Waals surface area contributed by atoms with Crippen LogP contribution < -0.4 is 15.8 Å². The van der Waals surface area contributed by atoms with Gasteiger partial charge in [0, 0.05) is 30.2 Å². The van der Waals surface area contributed by atoms with Crippen LogP contribution in [0.15, 0.2) is 18.2 Å². The molecule has 0 bridgehead atoms. The molecule has 22 heavy (non-hydrogen) atoms.